The SMILES string of the molecule is Cc1cccc(N2C(=O)C(C)N(C(C)C)C(=O)C2C)c1. The van der Waals surface area contributed by atoms with Crippen molar-refractivity contribution in [1.29, 1.82) is 0 Å². The van der Waals surface area contributed by atoms with Crippen LogP contribution in [-0.2, 0) is 9.59 Å². The van der Waals surface area contributed by atoms with Crippen molar-refractivity contribution in [3.63, 3.8) is 0 Å². The van der Waals surface area contributed by atoms with E-state index in [0.717, 1.165) is 11.3 Å². The molecule has 0 saturated carbocycles. The summed E-state index contributed by atoms with van der Waals surface area (Å²) in [6, 6.07) is 6.88. The third-order valence-electron chi connectivity index (χ3n) is 3.85. The van der Waals surface area contributed by atoms with E-state index in [1.54, 1.807) is 23.6 Å². The lowest BCUT2D eigenvalue weighted by molar-refractivity contribution is -0.147. The number of aryl methyl sites for hydroxylation is 1. The molecule has 0 spiro atoms. The molecule has 0 aromatic heterocycles. The zero-order valence-corrected chi connectivity index (χ0v) is 12.8. The monoisotopic (exact) mass is 274 g/mol. The molecule has 2 rings (SSSR count). The Morgan fingerprint density at radius 3 is 2.25 bits per heavy atom. The molecule has 1 fully saturated rings. The van der Waals surface area contributed by atoms with E-state index in [1.807, 2.05) is 45.0 Å². The standard InChI is InChI=1S/C16H22N2O2/c1-10(2)17-12(4)16(20)18(13(5)15(17)19)14-8-6-7-11(3)9-14/h6-10,12-13H,1-5H3. The van der Waals surface area contributed by atoms with Gasteiger partial charge in [0.15, 0.2) is 0 Å². The van der Waals surface area contributed by atoms with Crippen LogP contribution in [0.5, 0.6) is 0 Å². The molecule has 1 saturated heterocycles. The highest BCUT2D eigenvalue weighted by Gasteiger charge is 2.43. The number of rotatable bonds is 2. The summed E-state index contributed by atoms with van der Waals surface area (Å²) < 4.78 is 0. The molecule has 1 aromatic rings. The molecule has 1 heterocycles. The van der Waals surface area contributed by atoms with Crippen LogP contribution in [0.2, 0.25) is 0 Å². The van der Waals surface area contributed by atoms with Crippen LogP contribution in [0.15, 0.2) is 24.3 Å². The van der Waals surface area contributed by atoms with Crippen molar-refractivity contribution >= 4 is 17.5 Å². The van der Waals surface area contributed by atoms with Gasteiger partial charge in [-0.25, -0.2) is 0 Å². The highest BCUT2D eigenvalue weighted by molar-refractivity contribution is 6.08. The summed E-state index contributed by atoms with van der Waals surface area (Å²) >= 11 is 0. The van der Waals surface area contributed by atoms with Crippen LogP contribution in [0.3, 0.4) is 0 Å². The first-order valence-electron chi connectivity index (χ1n) is 7.06. The fraction of sp³-hybridized carbons (Fsp3) is 0.500. The summed E-state index contributed by atoms with van der Waals surface area (Å²) in [6.07, 6.45) is 0. The maximum atomic E-state index is 12.6. The van der Waals surface area contributed by atoms with Gasteiger partial charge in [0.25, 0.3) is 0 Å². The van der Waals surface area contributed by atoms with Crippen LogP contribution in [0.1, 0.15) is 33.3 Å². The summed E-state index contributed by atoms with van der Waals surface area (Å²) in [6.45, 7) is 9.46. The predicted octanol–water partition coefficient (Wildman–Crippen LogP) is 2.36. The summed E-state index contributed by atoms with van der Waals surface area (Å²) in [5, 5.41) is 0. The van der Waals surface area contributed by atoms with Gasteiger partial charge in [-0.15, -0.1) is 0 Å². The lowest BCUT2D eigenvalue weighted by atomic mass is 10.0. The van der Waals surface area contributed by atoms with Crippen LogP contribution in [-0.4, -0.2) is 34.8 Å². The minimum atomic E-state index is -0.456. The number of carbonyl (C=O) groups excluding carboxylic acids is 2. The highest BCUT2D eigenvalue weighted by Crippen LogP contribution is 2.27. The van der Waals surface area contributed by atoms with Crippen LogP contribution in [0, 0.1) is 6.92 Å². The van der Waals surface area contributed by atoms with E-state index in [2.05, 4.69) is 0 Å². The van der Waals surface area contributed by atoms with Crippen molar-refractivity contribution < 1.29 is 9.59 Å². The number of carbonyl (C=O) groups is 2. The van der Waals surface area contributed by atoms with Gasteiger partial charge >= 0.3 is 0 Å². The van der Waals surface area contributed by atoms with Gasteiger partial charge < -0.3 is 4.90 Å². The molecule has 0 aliphatic carbocycles. The lowest BCUT2D eigenvalue weighted by Crippen LogP contribution is -2.64. The van der Waals surface area contributed by atoms with E-state index in [-0.39, 0.29) is 17.9 Å². The molecule has 1 aromatic carbocycles. The van der Waals surface area contributed by atoms with Gasteiger partial charge in [-0.05, 0) is 52.3 Å². The van der Waals surface area contributed by atoms with Crippen LogP contribution >= 0.6 is 0 Å². The molecular formula is C16H22N2O2. The summed E-state index contributed by atoms with van der Waals surface area (Å²) in [5.74, 6) is -0.00925. The van der Waals surface area contributed by atoms with E-state index in [1.165, 1.54) is 0 Å². The van der Waals surface area contributed by atoms with Gasteiger partial charge in [-0.2, -0.15) is 0 Å². The molecule has 4 nitrogen and oxygen atoms in total. The lowest BCUT2D eigenvalue weighted by Gasteiger charge is -2.44. The number of piperazine rings is 1. The van der Waals surface area contributed by atoms with E-state index < -0.39 is 12.1 Å². The minimum absolute atomic E-state index is 0.00797. The van der Waals surface area contributed by atoms with Crippen molar-refractivity contribution in [3.8, 4) is 0 Å². The van der Waals surface area contributed by atoms with Crippen LogP contribution in [0.4, 0.5) is 5.69 Å². The van der Waals surface area contributed by atoms with E-state index in [4.69, 9.17) is 0 Å². The second-order valence-electron chi connectivity index (χ2n) is 5.74. The van der Waals surface area contributed by atoms with E-state index in [0.29, 0.717) is 0 Å². The Labute approximate surface area is 120 Å². The fourth-order valence-electron chi connectivity index (χ4n) is 2.86. The Balaban J connectivity index is 2.41. The molecule has 20 heavy (non-hydrogen) atoms. The molecule has 2 atom stereocenters. The Morgan fingerprint density at radius 1 is 1.05 bits per heavy atom. The Kier molecular flexibility index (Phi) is 3.84. The Bertz CT molecular complexity index is 539. The van der Waals surface area contributed by atoms with Gasteiger partial charge in [0.1, 0.15) is 12.1 Å². The molecular weight excluding hydrogens is 252 g/mol. The number of hydrogen-bond acceptors (Lipinski definition) is 2. The molecule has 1 aliphatic rings. The average molecular weight is 274 g/mol. The topological polar surface area (TPSA) is 40.6 Å². The number of hydrogen-bond donors (Lipinski definition) is 0. The van der Waals surface area contributed by atoms with E-state index >= 15 is 0 Å². The first-order valence-corrected chi connectivity index (χ1v) is 7.06. The number of amides is 2. The first-order chi connectivity index (χ1) is 9.34. The van der Waals surface area contributed by atoms with E-state index in [9.17, 15) is 9.59 Å². The van der Waals surface area contributed by atoms with Gasteiger partial charge in [0, 0.05) is 11.7 Å². The van der Waals surface area contributed by atoms with Crippen LogP contribution in [0.25, 0.3) is 0 Å². The molecule has 0 radical (unpaired) electrons. The average Bonchev–Trinajstić information content (AvgIpc) is 2.37. The Hall–Kier alpha value is -1.84. The third-order valence-corrected chi connectivity index (χ3v) is 3.85. The number of benzene rings is 1. The van der Waals surface area contributed by atoms with Gasteiger partial charge in [-0.3, -0.25) is 14.5 Å². The summed E-state index contributed by atoms with van der Waals surface area (Å²) in [5.41, 5.74) is 1.87. The molecule has 1 aliphatic heterocycles. The molecule has 4 heteroatoms. The quantitative estimate of drug-likeness (QED) is 0.830. The van der Waals surface area contributed by atoms with Crippen molar-refractivity contribution in [2.45, 2.75) is 52.7 Å². The van der Waals surface area contributed by atoms with Crippen molar-refractivity contribution in [3.05, 3.63) is 29.8 Å². The number of anilines is 1. The molecule has 2 amide bonds. The largest absolute Gasteiger partial charge is 0.327 e. The molecule has 108 valence electrons. The fourth-order valence-corrected chi connectivity index (χ4v) is 2.86. The number of nitrogens with zero attached hydrogens (tertiary/aromatic N) is 2. The van der Waals surface area contributed by atoms with Gasteiger partial charge in [0.05, 0.1) is 0 Å². The molecule has 2 unspecified atom stereocenters. The molecule has 0 N–H and O–H groups in total. The van der Waals surface area contributed by atoms with Crippen molar-refractivity contribution in [2.24, 2.45) is 0 Å². The third kappa shape index (κ3) is 2.30. The van der Waals surface area contributed by atoms with Gasteiger partial charge in [0.2, 0.25) is 11.8 Å². The minimum Gasteiger partial charge on any atom is -0.327 e. The van der Waals surface area contributed by atoms with Crippen molar-refractivity contribution in [2.75, 3.05) is 4.90 Å². The first kappa shape index (κ1) is 14.6. The predicted molar refractivity (Wildman–Crippen MR) is 79.6 cm³/mol. The zero-order chi connectivity index (χ0) is 15.0. The highest BCUT2D eigenvalue weighted by atomic mass is 16.2. The Morgan fingerprint density at radius 2 is 1.70 bits per heavy atom. The summed E-state index contributed by atoms with van der Waals surface area (Å²) in [4.78, 5) is 28.5. The maximum Gasteiger partial charge on any atom is 0.250 e. The summed E-state index contributed by atoms with van der Waals surface area (Å²) in [7, 11) is 0. The van der Waals surface area contributed by atoms with Gasteiger partial charge in [-0.1, -0.05) is 12.1 Å². The smallest absolute Gasteiger partial charge is 0.250 e. The normalized spacial score (nSPS) is 23.7. The zero-order valence-electron chi connectivity index (χ0n) is 12.8. The second-order valence-corrected chi connectivity index (χ2v) is 5.74. The van der Waals surface area contributed by atoms with Crippen LogP contribution < -0.4 is 4.90 Å². The second kappa shape index (κ2) is 5.27. The molecule has 0 bridgehead atoms. The van der Waals surface area contributed by atoms with Crippen molar-refractivity contribution in [1.82, 2.24) is 4.90 Å². The maximum absolute atomic E-state index is 12.6.